The number of hydrogen-bond donors (Lipinski definition) is 0. The van der Waals surface area contributed by atoms with Crippen LogP contribution in [0.25, 0.3) is 0 Å². The number of nitrogens with zero attached hydrogens (tertiary/aromatic N) is 2. The topological polar surface area (TPSA) is 36.1 Å². The maximum Gasteiger partial charge on any atom is 0.206 e. The second-order valence-electron chi connectivity index (χ2n) is 3.08. The van der Waals surface area contributed by atoms with E-state index in [4.69, 9.17) is 5.26 Å². The standard InChI is InChI=1S/C12H14N2S/c1-2-3-9-15-12(14-10-13)11-7-5-4-6-8-11/h4-8H,2-3,9H2,1H3. The van der Waals surface area contributed by atoms with Gasteiger partial charge < -0.3 is 0 Å². The van der Waals surface area contributed by atoms with Crippen LogP contribution in [0.5, 0.6) is 0 Å². The molecule has 2 nitrogen and oxygen atoms in total. The number of nitriles is 1. The highest BCUT2D eigenvalue weighted by molar-refractivity contribution is 8.14. The third kappa shape index (κ3) is 4.18. The molecule has 1 rings (SSSR count). The fourth-order valence-corrected chi connectivity index (χ4v) is 2.15. The van der Waals surface area contributed by atoms with E-state index in [1.165, 1.54) is 6.42 Å². The lowest BCUT2D eigenvalue weighted by Crippen LogP contribution is -1.96. The molecule has 0 unspecified atom stereocenters. The lowest BCUT2D eigenvalue weighted by atomic mass is 10.2. The Morgan fingerprint density at radius 1 is 1.40 bits per heavy atom. The minimum atomic E-state index is 0.826. The Labute approximate surface area is 95.0 Å². The predicted molar refractivity (Wildman–Crippen MR) is 66.0 cm³/mol. The Kier molecular flexibility index (Phi) is 5.57. The van der Waals surface area contributed by atoms with Gasteiger partial charge in [0.2, 0.25) is 6.19 Å². The van der Waals surface area contributed by atoms with E-state index >= 15 is 0 Å². The minimum Gasteiger partial charge on any atom is -0.170 e. The van der Waals surface area contributed by atoms with Gasteiger partial charge in [-0.1, -0.05) is 43.7 Å². The summed E-state index contributed by atoms with van der Waals surface area (Å²) < 4.78 is 0. The zero-order valence-corrected chi connectivity index (χ0v) is 9.63. The van der Waals surface area contributed by atoms with Crippen LogP contribution in [0.4, 0.5) is 0 Å². The lowest BCUT2D eigenvalue weighted by molar-refractivity contribution is 0.898. The van der Waals surface area contributed by atoms with Crippen molar-refractivity contribution >= 4 is 16.8 Å². The summed E-state index contributed by atoms with van der Waals surface area (Å²) in [5.74, 6) is 1.02. The van der Waals surface area contributed by atoms with Crippen LogP contribution in [0, 0.1) is 11.5 Å². The van der Waals surface area contributed by atoms with Crippen molar-refractivity contribution in [3.05, 3.63) is 35.9 Å². The molecule has 0 amide bonds. The maximum atomic E-state index is 8.60. The molecule has 0 radical (unpaired) electrons. The van der Waals surface area contributed by atoms with Crippen LogP contribution in [0.15, 0.2) is 35.3 Å². The smallest absolute Gasteiger partial charge is 0.170 e. The van der Waals surface area contributed by atoms with Gasteiger partial charge in [-0.05, 0) is 12.2 Å². The first kappa shape index (κ1) is 11.8. The number of hydrogen-bond acceptors (Lipinski definition) is 3. The molecule has 0 fully saturated rings. The van der Waals surface area contributed by atoms with Crippen LogP contribution >= 0.6 is 11.8 Å². The van der Waals surface area contributed by atoms with Gasteiger partial charge in [-0.3, -0.25) is 0 Å². The van der Waals surface area contributed by atoms with Gasteiger partial charge in [-0.15, -0.1) is 11.8 Å². The van der Waals surface area contributed by atoms with Crippen LogP contribution in [0.3, 0.4) is 0 Å². The number of rotatable bonds is 4. The Balaban J connectivity index is 2.68. The van der Waals surface area contributed by atoms with Crippen molar-refractivity contribution in [3.63, 3.8) is 0 Å². The molecule has 0 aliphatic heterocycles. The Hall–Kier alpha value is -1.27. The molecule has 0 aliphatic carbocycles. The van der Waals surface area contributed by atoms with E-state index in [-0.39, 0.29) is 0 Å². The monoisotopic (exact) mass is 218 g/mol. The largest absolute Gasteiger partial charge is 0.206 e. The Morgan fingerprint density at radius 2 is 2.13 bits per heavy atom. The number of thioether (sulfide) groups is 1. The molecule has 0 bridgehead atoms. The molecule has 3 heteroatoms. The Bertz CT molecular complexity index is 352. The molecule has 0 heterocycles. The molecular weight excluding hydrogens is 204 g/mol. The summed E-state index contributed by atoms with van der Waals surface area (Å²) in [7, 11) is 0. The van der Waals surface area contributed by atoms with Gasteiger partial charge in [0.25, 0.3) is 0 Å². The normalized spacial score (nSPS) is 11.1. The first-order chi connectivity index (χ1) is 7.38. The fourth-order valence-electron chi connectivity index (χ4n) is 1.12. The number of aliphatic imine (C=N–C) groups is 1. The van der Waals surface area contributed by atoms with Gasteiger partial charge in [0.15, 0.2) is 0 Å². The molecule has 0 saturated heterocycles. The van der Waals surface area contributed by atoms with Crippen molar-refractivity contribution < 1.29 is 0 Å². The summed E-state index contributed by atoms with van der Waals surface area (Å²) in [6, 6.07) is 9.85. The molecule has 0 aromatic heterocycles. The highest BCUT2D eigenvalue weighted by Crippen LogP contribution is 2.15. The molecule has 0 aliphatic rings. The fraction of sp³-hybridized carbons (Fsp3) is 0.333. The minimum absolute atomic E-state index is 0.826. The molecule has 15 heavy (non-hydrogen) atoms. The van der Waals surface area contributed by atoms with Gasteiger partial charge in [0.05, 0.1) is 0 Å². The van der Waals surface area contributed by atoms with Gasteiger partial charge in [0.1, 0.15) is 5.04 Å². The lowest BCUT2D eigenvalue weighted by Gasteiger charge is -2.03. The molecule has 0 saturated carbocycles. The average molecular weight is 218 g/mol. The van der Waals surface area contributed by atoms with Crippen LogP contribution in [0.1, 0.15) is 25.3 Å². The van der Waals surface area contributed by atoms with Crippen molar-refractivity contribution in [1.29, 1.82) is 5.26 Å². The zero-order valence-electron chi connectivity index (χ0n) is 8.81. The van der Waals surface area contributed by atoms with Gasteiger partial charge in [-0.25, -0.2) is 0 Å². The van der Waals surface area contributed by atoms with E-state index in [0.29, 0.717) is 0 Å². The zero-order chi connectivity index (χ0) is 10.9. The second kappa shape index (κ2) is 7.08. The van der Waals surface area contributed by atoms with Crippen LogP contribution in [-0.2, 0) is 0 Å². The SMILES string of the molecule is CCCCSC(=NC#N)c1ccccc1. The summed E-state index contributed by atoms with van der Waals surface area (Å²) >= 11 is 1.65. The van der Waals surface area contributed by atoms with E-state index < -0.39 is 0 Å². The van der Waals surface area contributed by atoms with Gasteiger partial charge in [0, 0.05) is 5.56 Å². The van der Waals surface area contributed by atoms with Crippen molar-refractivity contribution in [1.82, 2.24) is 0 Å². The van der Waals surface area contributed by atoms with Crippen LogP contribution < -0.4 is 0 Å². The van der Waals surface area contributed by atoms with Crippen molar-refractivity contribution in [2.45, 2.75) is 19.8 Å². The third-order valence-electron chi connectivity index (χ3n) is 1.91. The molecule has 0 N–H and O–H groups in total. The first-order valence-corrected chi connectivity index (χ1v) is 6.02. The van der Waals surface area contributed by atoms with E-state index in [1.54, 1.807) is 11.8 Å². The van der Waals surface area contributed by atoms with Crippen LogP contribution in [0.2, 0.25) is 0 Å². The summed E-state index contributed by atoms with van der Waals surface area (Å²) in [4.78, 5) is 3.85. The first-order valence-electron chi connectivity index (χ1n) is 5.03. The molecule has 1 aromatic rings. The maximum absolute atomic E-state index is 8.60. The summed E-state index contributed by atoms with van der Waals surface area (Å²) in [6.45, 7) is 2.16. The molecule has 0 spiro atoms. The van der Waals surface area contributed by atoms with Crippen molar-refractivity contribution in [2.75, 3.05) is 5.75 Å². The predicted octanol–water partition coefficient (Wildman–Crippen LogP) is 3.45. The summed E-state index contributed by atoms with van der Waals surface area (Å²) in [5, 5.41) is 9.43. The highest BCUT2D eigenvalue weighted by Gasteiger charge is 2.02. The van der Waals surface area contributed by atoms with Crippen LogP contribution in [-0.4, -0.2) is 10.8 Å². The van der Waals surface area contributed by atoms with E-state index in [9.17, 15) is 0 Å². The van der Waals surface area contributed by atoms with Crippen molar-refractivity contribution in [2.24, 2.45) is 4.99 Å². The average Bonchev–Trinajstić information content (AvgIpc) is 2.29. The molecule has 1 aromatic carbocycles. The van der Waals surface area contributed by atoms with E-state index in [1.807, 2.05) is 36.5 Å². The summed E-state index contributed by atoms with van der Waals surface area (Å²) in [6.07, 6.45) is 4.18. The molecular formula is C12H14N2S. The second-order valence-corrected chi connectivity index (χ2v) is 4.17. The third-order valence-corrected chi connectivity index (χ3v) is 3.00. The molecule has 78 valence electrons. The number of unbranched alkanes of at least 4 members (excludes halogenated alkanes) is 1. The number of benzene rings is 1. The van der Waals surface area contributed by atoms with Crippen molar-refractivity contribution in [3.8, 4) is 6.19 Å². The summed E-state index contributed by atoms with van der Waals surface area (Å²) in [5.41, 5.74) is 1.03. The van der Waals surface area contributed by atoms with Gasteiger partial charge in [-0.2, -0.15) is 10.3 Å². The van der Waals surface area contributed by atoms with E-state index in [2.05, 4.69) is 11.9 Å². The Morgan fingerprint density at radius 3 is 2.73 bits per heavy atom. The quantitative estimate of drug-likeness (QED) is 0.336. The highest BCUT2D eigenvalue weighted by atomic mass is 32.2. The molecule has 0 atom stereocenters. The van der Waals surface area contributed by atoms with Gasteiger partial charge >= 0.3 is 0 Å². The van der Waals surface area contributed by atoms with E-state index in [0.717, 1.165) is 22.8 Å².